The quantitative estimate of drug-likeness (QED) is 0.347. The molecule has 0 saturated carbocycles. The van der Waals surface area contributed by atoms with E-state index in [9.17, 15) is 4.79 Å². The number of benzene rings is 1. The molecular weight excluding hydrogens is 380 g/mol. The molecule has 0 spiro atoms. The Labute approximate surface area is 181 Å². The van der Waals surface area contributed by atoms with Crippen molar-refractivity contribution in [3.05, 3.63) is 29.8 Å². The van der Waals surface area contributed by atoms with E-state index in [0.717, 1.165) is 62.8 Å². The number of carbonyl (C=O) groups is 1. The normalized spacial score (nSPS) is 15.5. The van der Waals surface area contributed by atoms with Crippen LogP contribution in [0.15, 0.2) is 29.3 Å². The van der Waals surface area contributed by atoms with Crippen LogP contribution in [-0.2, 0) is 20.8 Å². The van der Waals surface area contributed by atoms with Crippen molar-refractivity contribution in [3.8, 4) is 0 Å². The summed E-state index contributed by atoms with van der Waals surface area (Å²) in [6.45, 7) is 8.12. The van der Waals surface area contributed by atoms with Gasteiger partial charge >= 0.3 is 0 Å². The van der Waals surface area contributed by atoms with Crippen LogP contribution in [0.4, 0.5) is 5.69 Å². The van der Waals surface area contributed by atoms with Gasteiger partial charge in [-0.15, -0.1) is 0 Å². The van der Waals surface area contributed by atoms with E-state index in [1.165, 1.54) is 0 Å². The van der Waals surface area contributed by atoms with Gasteiger partial charge in [0.25, 0.3) is 0 Å². The highest BCUT2D eigenvalue weighted by Gasteiger charge is 2.21. The number of ether oxygens (including phenoxy) is 2. The smallest absolute Gasteiger partial charge is 0.224 e. The van der Waals surface area contributed by atoms with Gasteiger partial charge in [-0.3, -0.25) is 9.79 Å². The summed E-state index contributed by atoms with van der Waals surface area (Å²) in [6.07, 6.45) is 3.80. The summed E-state index contributed by atoms with van der Waals surface area (Å²) in [5.74, 6) is 1.30. The van der Waals surface area contributed by atoms with Gasteiger partial charge in [0.15, 0.2) is 5.96 Å². The Bertz CT molecular complexity index is 670. The zero-order valence-corrected chi connectivity index (χ0v) is 18.9. The average molecular weight is 419 g/mol. The van der Waals surface area contributed by atoms with Crippen molar-refractivity contribution in [1.82, 2.24) is 10.2 Å². The number of carbonyl (C=O) groups excluding carboxylic acids is 1. The first-order chi connectivity index (χ1) is 14.5. The second-order valence-corrected chi connectivity index (χ2v) is 8.15. The van der Waals surface area contributed by atoms with Crippen LogP contribution in [0, 0.1) is 5.92 Å². The zero-order valence-electron chi connectivity index (χ0n) is 18.9. The molecule has 1 aromatic carbocycles. The van der Waals surface area contributed by atoms with Gasteiger partial charge < -0.3 is 25.0 Å². The van der Waals surface area contributed by atoms with E-state index in [2.05, 4.69) is 26.6 Å². The number of likely N-dealkylation sites (tertiary alicyclic amines) is 1. The Hall–Kier alpha value is -2.12. The van der Waals surface area contributed by atoms with Crippen LogP contribution in [0.1, 0.15) is 45.1 Å². The van der Waals surface area contributed by atoms with E-state index < -0.39 is 0 Å². The van der Waals surface area contributed by atoms with Crippen molar-refractivity contribution in [2.45, 2.75) is 52.2 Å². The fourth-order valence-corrected chi connectivity index (χ4v) is 3.54. The van der Waals surface area contributed by atoms with E-state index in [1.807, 2.05) is 39.1 Å². The highest BCUT2D eigenvalue weighted by atomic mass is 16.5. The zero-order chi connectivity index (χ0) is 21.8. The first-order valence-corrected chi connectivity index (χ1v) is 11.0. The first kappa shape index (κ1) is 24.2. The molecule has 0 aliphatic carbocycles. The fourth-order valence-electron chi connectivity index (χ4n) is 3.54. The number of anilines is 1. The number of amides is 1. The Morgan fingerprint density at radius 3 is 2.70 bits per heavy atom. The van der Waals surface area contributed by atoms with Crippen molar-refractivity contribution in [2.24, 2.45) is 10.9 Å². The van der Waals surface area contributed by atoms with Crippen LogP contribution in [0.25, 0.3) is 0 Å². The molecule has 0 bridgehead atoms. The lowest BCUT2D eigenvalue weighted by atomic mass is 10.1. The summed E-state index contributed by atoms with van der Waals surface area (Å²) in [4.78, 5) is 18.7. The number of nitrogens with one attached hydrogen (secondary N) is 2. The van der Waals surface area contributed by atoms with Crippen LogP contribution in [-0.4, -0.2) is 63.3 Å². The maximum Gasteiger partial charge on any atom is 0.224 e. The first-order valence-electron chi connectivity index (χ1n) is 11.0. The molecule has 2 N–H and O–H groups in total. The van der Waals surface area contributed by atoms with E-state index in [1.54, 1.807) is 7.11 Å². The molecule has 0 radical (unpaired) electrons. The van der Waals surface area contributed by atoms with Crippen LogP contribution in [0.3, 0.4) is 0 Å². The van der Waals surface area contributed by atoms with E-state index in [4.69, 9.17) is 9.47 Å². The lowest BCUT2D eigenvalue weighted by molar-refractivity contribution is -0.116. The third kappa shape index (κ3) is 8.71. The molecule has 7 heteroatoms. The number of hydrogen-bond donors (Lipinski definition) is 2. The van der Waals surface area contributed by atoms with Crippen LogP contribution >= 0.6 is 0 Å². The molecule has 2 rings (SSSR count). The van der Waals surface area contributed by atoms with Gasteiger partial charge in [0.05, 0.1) is 6.10 Å². The summed E-state index contributed by atoms with van der Waals surface area (Å²) >= 11 is 0. The van der Waals surface area contributed by atoms with Gasteiger partial charge in [0, 0.05) is 59.1 Å². The van der Waals surface area contributed by atoms with E-state index >= 15 is 0 Å². The second kappa shape index (κ2) is 13.2. The van der Waals surface area contributed by atoms with E-state index in [-0.39, 0.29) is 5.91 Å². The third-order valence-electron chi connectivity index (χ3n) is 5.05. The van der Waals surface area contributed by atoms with Gasteiger partial charge in [-0.25, -0.2) is 0 Å². The molecule has 1 heterocycles. The summed E-state index contributed by atoms with van der Waals surface area (Å²) in [5, 5.41) is 6.43. The third-order valence-corrected chi connectivity index (χ3v) is 5.05. The topological polar surface area (TPSA) is 75.2 Å². The molecule has 7 nitrogen and oxygen atoms in total. The summed E-state index contributed by atoms with van der Waals surface area (Å²) in [6, 6.07) is 7.96. The maximum atomic E-state index is 12.0. The molecule has 1 amide bonds. The minimum atomic E-state index is 0.0539. The predicted molar refractivity (Wildman–Crippen MR) is 122 cm³/mol. The molecule has 1 aliphatic heterocycles. The number of guanidine groups is 1. The molecular formula is C23H38N4O3. The molecule has 0 unspecified atom stereocenters. The Morgan fingerprint density at radius 2 is 2.03 bits per heavy atom. The second-order valence-electron chi connectivity index (χ2n) is 8.15. The SMILES string of the molecule is CN=C(NCc1cccc(NC(=O)CC(C)C)c1)N1CCC(OCCCOC)CC1. The van der Waals surface area contributed by atoms with E-state index in [0.29, 0.717) is 25.0 Å². The standard InChI is InChI=1S/C23H38N4O3/c1-18(2)15-22(28)26-20-8-5-7-19(16-20)17-25-23(24-3)27-11-9-21(10-12-27)30-14-6-13-29-4/h5,7-8,16,18,21H,6,9-15,17H2,1-4H3,(H,24,25)(H,26,28). The van der Waals surface area contributed by atoms with Crippen LogP contribution in [0.5, 0.6) is 0 Å². The van der Waals surface area contributed by atoms with Crippen molar-refractivity contribution < 1.29 is 14.3 Å². The number of methoxy groups -OCH3 is 1. The molecule has 0 aromatic heterocycles. The number of aliphatic imine (C=N–C) groups is 1. The lowest BCUT2D eigenvalue weighted by Gasteiger charge is -2.34. The summed E-state index contributed by atoms with van der Waals surface area (Å²) in [5.41, 5.74) is 1.94. The van der Waals surface area contributed by atoms with Crippen LogP contribution < -0.4 is 10.6 Å². The Morgan fingerprint density at radius 1 is 1.27 bits per heavy atom. The lowest BCUT2D eigenvalue weighted by Crippen LogP contribution is -2.46. The van der Waals surface area contributed by atoms with Gasteiger partial charge in [-0.1, -0.05) is 26.0 Å². The van der Waals surface area contributed by atoms with Gasteiger partial charge in [-0.2, -0.15) is 0 Å². The van der Waals surface area contributed by atoms with Crippen molar-refractivity contribution >= 4 is 17.6 Å². The molecule has 1 fully saturated rings. The fraction of sp³-hybridized carbons (Fsp3) is 0.652. The number of hydrogen-bond acceptors (Lipinski definition) is 4. The largest absolute Gasteiger partial charge is 0.385 e. The highest BCUT2D eigenvalue weighted by Crippen LogP contribution is 2.15. The Kier molecular flexibility index (Phi) is 10.7. The number of nitrogens with zero attached hydrogens (tertiary/aromatic N) is 2. The molecule has 30 heavy (non-hydrogen) atoms. The molecule has 1 aromatic rings. The summed E-state index contributed by atoms with van der Waals surface area (Å²) in [7, 11) is 3.54. The average Bonchev–Trinajstić information content (AvgIpc) is 2.72. The molecule has 0 atom stereocenters. The summed E-state index contributed by atoms with van der Waals surface area (Å²) < 4.78 is 11.0. The van der Waals surface area contributed by atoms with Gasteiger partial charge in [0.2, 0.25) is 5.91 Å². The minimum absolute atomic E-state index is 0.0539. The predicted octanol–water partition coefficient (Wildman–Crippen LogP) is 3.26. The number of rotatable bonds is 10. The van der Waals surface area contributed by atoms with Crippen molar-refractivity contribution in [1.29, 1.82) is 0 Å². The van der Waals surface area contributed by atoms with Crippen molar-refractivity contribution in [2.75, 3.05) is 45.8 Å². The highest BCUT2D eigenvalue weighted by molar-refractivity contribution is 5.90. The molecule has 168 valence electrons. The Balaban J connectivity index is 1.78. The van der Waals surface area contributed by atoms with Crippen molar-refractivity contribution in [3.63, 3.8) is 0 Å². The maximum absolute atomic E-state index is 12.0. The monoisotopic (exact) mass is 418 g/mol. The van der Waals surface area contributed by atoms with Crippen LogP contribution in [0.2, 0.25) is 0 Å². The molecule has 1 saturated heterocycles. The molecule has 1 aliphatic rings. The minimum Gasteiger partial charge on any atom is -0.385 e. The number of piperidine rings is 1. The van der Waals surface area contributed by atoms with Gasteiger partial charge in [-0.05, 0) is 42.9 Å². The van der Waals surface area contributed by atoms with Gasteiger partial charge in [0.1, 0.15) is 0 Å².